The molecule has 3 aromatic heterocycles. The van der Waals surface area contributed by atoms with Crippen molar-refractivity contribution >= 4 is 75.9 Å². The lowest BCUT2D eigenvalue weighted by atomic mass is 9.93. The number of aromatic nitrogens is 5. The zero-order valence-electron chi connectivity index (χ0n) is 36.8. The molecule has 0 saturated carbocycles. The Morgan fingerprint density at radius 1 is 0.206 bits per heavy atom. The van der Waals surface area contributed by atoms with Crippen LogP contribution in [0.5, 0.6) is 0 Å². The van der Waals surface area contributed by atoms with Crippen molar-refractivity contribution in [2.45, 2.75) is 0 Å². The van der Waals surface area contributed by atoms with Crippen LogP contribution < -0.4 is 0 Å². The average molecular weight is 866 g/mol. The van der Waals surface area contributed by atoms with Crippen LogP contribution >= 0.6 is 0 Å². The maximum absolute atomic E-state index is 5.07. The van der Waals surface area contributed by atoms with E-state index in [0.29, 0.717) is 17.5 Å². The fourth-order valence-corrected chi connectivity index (χ4v) is 10.6. The minimum Gasteiger partial charge on any atom is -0.309 e. The lowest BCUT2D eigenvalue weighted by Gasteiger charge is -2.15. The van der Waals surface area contributed by atoms with Gasteiger partial charge < -0.3 is 9.13 Å². The number of hydrogen-bond acceptors (Lipinski definition) is 3. The molecule has 0 N–H and O–H groups in total. The van der Waals surface area contributed by atoms with Gasteiger partial charge in [-0.25, -0.2) is 15.0 Å². The molecule has 0 bridgehead atoms. The molecular weight excluding hydrogens is 827 g/mol. The third-order valence-corrected chi connectivity index (χ3v) is 13.7. The zero-order valence-corrected chi connectivity index (χ0v) is 36.8. The Morgan fingerprint density at radius 2 is 0.574 bits per heavy atom. The maximum atomic E-state index is 5.07. The number of benzene rings is 11. The fraction of sp³-hybridized carbons (Fsp3) is 0. The van der Waals surface area contributed by atoms with E-state index in [2.05, 4.69) is 185 Å². The normalized spacial score (nSPS) is 11.8. The molecule has 5 heteroatoms. The summed E-state index contributed by atoms with van der Waals surface area (Å²) in [5.74, 6) is 1.94. The number of para-hydroxylation sites is 3. The third-order valence-electron chi connectivity index (χ3n) is 13.7. The molecule has 0 fully saturated rings. The van der Waals surface area contributed by atoms with Gasteiger partial charge in [0.2, 0.25) is 0 Å². The van der Waals surface area contributed by atoms with Crippen molar-refractivity contribution in [3.8, 4) is 56.7 Å². The van der Waals surface area contributed by atoms with E-state index < -0.39 is 0 Å². The predicted molar refractivity (Wildman–Crippen MR) is 283 cm³/mol. The second kappa shape index (κ2) is 15.2. The van der Waals surface area contributed by atoms with Gasteiger partial charge in [0.1, 0.15) is 0 Å². The van der Waals surface area contributed by atoms with E-state index in [0.717, 1.165) is 33.5 Å². The summed E-state index contributed by atoms with van der Waals surface area (Å²) < 4.78 is 4.81. The molecule has 3 heterocycles. The topological polar surface area (TPSA) is 48.5 Å². The molecule has 0 aliphatic carbocycles. The minimum atomic E-state index is 0.643. The van der Waals surface area contributed by atoms with Crippen molar-refractivity contribution in [3.63, 3.8) is 0 Å². The van der Waals surface area contributed by atoms with Crippen molar-refractivity contribution in [1.82, 2.24) is 24.1 Å². The Bertz CT molecular complexity index is 4230. The lowest BCUT2D eigenvalue weighted by Crippen LogP contribution is -2.00. The van der Waals surface area contributed by atoms with Gasteiger partial charge in [-0.1, -0.05) is 170 Å². The van der Waals surface area contributed by atoms with Crippen molar-refractivity contribution in [2.75, 3.05) is 0 Å². The molecular formula is C63H39N5. The van der Waals surface area contributed by atoms with Crippen molar-refractivity contribution in [3.05, 3.63) is 237 Å². The van der Waals surface area contributed by atoms with Gasteiger partial charge >= 0.3 is 0 Å². The van der Waals surface area contributed by atoms with Crippen LogP contribution in [-0.2, 0) is 0 Å². The second-order valence-corrected chi connectivity index (χ2v) is 17.6. The molecule has 316 valence electrons. The minimum absolute atomic E-state index is 0.643. The summed E-state index contributed by atoms with van der Waals surface area (Å²) >= 11 is 0. The Balaban J connectivity index is 0.907. The van der Waals surface area contributed by atoms with E-state index in [1.54, 1.807) is 0 Å². The van der Waals surface area contributed by atoms with Gasteiger partial charge in [0.05, 0.1) is 22.1 Å². The van der Waals surface area contributed by atoms with Gasteiger partial charge in [0.25, 0.3) is 0 Å². The molecule has 11 aromatic carbocycles. The number of rotatable bonds is 6. The molecule has 0 aliphatic rings. The van der Waals surface area contributed by atoms with Crippen LogP contribution in [0.3, 0.4) is 0 Å². The van der Waals surface area contributed by atoms with E-state index in [1.165, 1.54) is 81.7 Å². The van der Waals surface area contributed by atoms with Crippen molar-refractivity contribution < 1.29 is 0 Å². The van der Waals surface area contributed by atoms with Crippen LogP contribution in [-0.4, -0.2) is 24.1 Å². The smallest absolute Gasteiger partial charge is 0.164 e. The van der Waals surface area contributed by atoms with Gasteiger partial charge in [-0.2, -0.15) is 0 Å². The first kappa shape index (κ1) is 38.1. The summed E-state index contributed by atoms with van der Waals surface area (Å²) in [6, 6.07) is 84.8. The van der Waals surface area contributed by atoms with Crippen LogP contribution in [0.4, 0.5) is 0 Å². The van der Waals surface area contributed by atoms with E-state index in [9.17, 15) is 0 Å². The largest absolute Gasteiger partial charge is 0.309 e. The van der Waals surface area contributed by atoms with E-state index in [-0.39, 0.29) is 0 Å². The molecule has 0 amide bonds. The highest BCUT2D eigenvalue weighted by molar-refractivity contribution is 6.26. The molecule has 14 aromatic rings. The van der Waals surface area contributed by atoms with E-state index in [4.69, 9.17) is 15.0 Å². The Kier molecular flexibility index (Phi) is 8.52. The predicted octanol–water partition coefficient (Wildman–Crippen LogP) is 16.2. The standard InChI is InChI=1S/C63H39N5/c1-4-16-40(17-5-1)61-64-62(41-18-6-2-7-19-41)66-63(65-61)44-28-32-49-50-33-31-46(39-54(50)48-23-11-10-22-47(48)53(49)38-44)68-58-27-15-13-25-52(58)56-37-43(30-35-60(56)68)42-29-34-59-55(36-42)51-24-12-14-26-57(51)67(59)45-20-8-3-9-21-45/h1-39H. The Morgan fingerprint density at radius 3 is 1.12 bits per heavy atom. The first-order valence-corrected chi connectivity index (χ1v) is 23.1. The molecule has 14 rings (SSSR count). The summed E-state index contributed by atoms with van der Waals surface area (Å²) in [5.41, 5.74) is 12.3. The fourth-order valence-electron chi connectivity index (χ4n) is 10.6. The van der Waals surface area contributed by atoms with Gasteiger partial charge in [-0.15, -0.1) is 0 Å². The Labute approximate surface area is 391 Å². The maximum Gasteiger partial charge on any atom is 0.164 e. The van der Waals surface area contributed by atoms with Crippen LogP contribution in [0.25, 0.3) is 133 Å². The molecule has 0 spiro atoms. The number of nitrogens with zero attached hydrogens (tertiary/aromatic N) is 5. The van der Waals surface area contributed by atoms with E-state index >= 15 is 0 Å². The van der Waals surface area contributed by atoms with Gasteiger partial charge in [-0.05, 0) is 110 Å². The SMILES string of the molecule is c1ccc(-c2nc(-c3ccccc3)nc(-c3ccc4c5ccc(-n6c7ccccc7c7cc(-c8ccc9c(c8)c8ccccc8n9-c8ccccc8)ccc76)cc5c5ccccc5c4c3)n2)cc1. The van der Waals surface area contributed by atoms with Gasteiger partial charge in [0.15, 0.2) is 17.5 Å². The summed E-state index contributed by atoms with van der Waals surface area (Å²) in [4.78, 5) is 15.1. The van der Waals surface area contributed by atoms with Crippen LogP contribution in [0.2, 0.25) is 0 Å². The highest BCUT2D eigenvalue weighted by Gasteiger charge is 2.19. The highest BCUT2D eigenvalue weighted by atomic mass is 15.0. The monoisotopic (exact) mass is 865 g/mol. The molecule has 0 unspecified atom stereocenters. The molecule has 0 aliphatic heterocycles. The Hall–Kier alpha value is -9.19. The quantitative estimate of drug-likeness (QED) is 0.156. The van der Waals surface area contributed by atoms with Crippen LogP contribution in [0, 0.1) is 0 Å². The van der Waals surface area contributed by atoms with Gasteiger partial charge in [0, 0.05) is 49.6 Å². The van der Waals surface area contributed by atoms with Crippen molar-refractivity contribution in [1.29, 1.82) is 0 Å². The van der Waals surface area contributed by atoms with Crippen LogP contribution in [0.1, 0.15) is 0 Å². The third kappa shape index (κ3) is 5.99. The molecule has 68 heavy (non-hydrogen) atoms. The second-order valence-electron chi connectivity index (χ2n) is 17.6. The summed E-state index contributed by atoms with van der Waals surface area (Å²) in [5, 5.41) is 12.1. The number of fused-ring (bicyclic) bond motifs is 12. The first-order chi connectivity index (χ1) is 33.7. The summed E-state index contributed by atoms with van der Waals surface area (Å²) in [6.45, 7) is 0. The van der Waals surface area contributed by atoms with E-state index in [1.807, 2.05) is 60.7 Å². The average Bonchev–Trinajstić information content (AvgIpc) is 3.93. The van der Waals surface area contributed by atoms with Crippen molar-refractivity contribution in [2.24, 2.45) is 0 Å². The molecule has 0 atom stereocenters. The van der Waals surface area contributed by atoms with Crippen LogP contribution in [0.15, 0.2) is 237 Å². The molecule has 5 nitrogen and oxygen atoms in total. The first-order valence-electron chi connectivity index (χ1n) is 23.1. The van der Waals surface area contributed by atoms with Gasteiger partial charge in [-0.3, -0.25) is 0 Å². The highest BCUT2D eigenvalue weighted by Crippen LogP contribution is 2.42. The number of hydrogen-bond donors (Lipinski definition) is 0. The summed E-state index contributed by atoms with van der Waals surface area (Å²) in [7, 11) is 0. The molecule has 0 saturated heterocycles. The lowest BCUT2D eigenvalue weighted by molar-refractivity contribution is 1.07. The zero-order chi connectivity index (χ0) is 44.7. The molecule has 0 radical (unpaired) electrons. The summed E-state index contributed by atoms with van der Waals surface area (Å²) in [6.07, 6.45) is 0.